The van der Waals surface area contributed by atoms with Crippen molar-refractivity contribution in [2.24, 2.45) is 5.41 Å². The zero-order chi connectivity index (χ0) is 12.2. The number of nitrogens with one attached hydrogen (secondary N) is 1. The van der Waals surface area contributed by atoms with Crippen LogP contribution in [0.4, 0.5) is 0 Å². The zero-order valence-electron chi connectivity index (χ0n) is 9.88. The average Bonchev–Trinajstić information content (AvgIpc) is 2.07. The molecule has 16 heavy (non-hydrogen) atoms. The van der Waals surface area contributed by atoms with Crippen molar-refractivity contribution in [3.63, 3.8) is 0 Å². The van der Waals surface area contributed by atoms with Gasteiger partial charge in [-0.25, -0.2) is 0 Å². The molecule has 1 rings (SSSR count). The van der Waals surface area contributed by atoms with Crippen molar-refractivity contribution in [1.29, 1.82) is 0 Å². The Bertz CT molecular complexity index is 312. The summed E-state index contributed by atoms with van der Waals surface area (Å²) in [7, 11) is 0. The van der Waals surface area contributed by atoms with Crippen LogP contribution in [0.2, 0.25) is 0 Å². The molecule has 0 aromatic rings. The van der Waals surface area contributed by atoms with E-state index >= 15 is 0 Å². The standard InChI is InChI=1S/C12H19NO3/c1-9(2)6-10(14)13-8-12(4-3-5-12)7-11(15)16/h6H,3-5,7-8H2,1-2H3,(H,13,14)(H,15,16). The number of allylic oxidation sites excluding steroid dienone is 1. The molecule has 4 nitrogen and oxygen atoms in total. The summed E-state index contributed by atoms with van der Waals surface area (Å²) in [4.78, 5) is 22.1. The van der Waals surface area contributed by atoms with Gasteiger partial charge in [-0.1, -0.05) is 12.0 Å². The Morgan fingerprint density at radius 3 is 2.38 bits per heavy atom. The molecular weight excluding hydrogens is 206 g/mol. The number of carbonyl (C=O) groups excluding carboxylic acids is 1. The Morgan fingerprint density at radius 1 is 1.38 bits per heavy atom. The monoisotopic (exact) mass is 225 g/mol. The quantitative estimate of drug-likeness (QED) is 0.700. The topological polar surface area (TPSA) is 66.4 Å². The summed E-state index contributed by atoms with van der Waals surface area (Å²) in [6, 6.07) is 0. The Labute approximate surface area is 95.7 Å². The second-order valence-electron chi connectivity index (χ2n) is 4.86. The van der Waals surface area contributed by atoms with Crippen molar-refractivity contribution in [2.45, 2.75) is 39.5 Å². The van der Waals surface area contributed by atoms with E-state index in [-0.39, 0.29) is 17.7 Å². The van der Waals surface area contributed by atoms with Crippen LogP contribution in [-0.2, 0) is 9.59 Å². The molecule has 0 aliphatic heterocycles. The number of carboxylic acids is 1. The molecule has 1 saturated carbocycles. The number of carboxylic acid groups (broad SMARTS) is 1. The maximum atomic E-state index is 11.4. The molecule has 0 unspecified atom stereocenters. The van der Waals surface area contributed by atoms with Crippen LogP contribution in [0.25, 0.3) is 0 Å². The highest BCUT2D eigenvalue weighted by molar-refractivity contribution is 5.88. The van der Waals surface area contributed by atoms with Gasteiger partial charge in [0.1, 0.15) is 0 Å². The van der Waals surface area contributed by atoms with E-state index in [4.69, 9.17) is 5.11 Å². The molecular formula is C12H19NO3. The Morgan fingerprint density at radius 2 is 2.00 bits per heavy atom. The second-order valence-corrected chi connectivity index (χ2v) is 4.86. The fraction of sp³-hybridized carbons (Fsp3) is 0.667. The van der Waals surface area contributed by atoms with Crippen LogP contribution < -0.4 is 5.32 Å². The highest BCUT2D eigenvalue weighted by Gasteiger charge is 2.38. The maximum Gasteiger partial charge on any atom is 0.303 e. The molecule has 1 aliphatic carbocycles. The molecule has 0 atom stereocenters. The van der Waals surface area contributed by atoms with Gasteiger partial charge >= 0.3 is 5.97 Å². The maximum absolute atomic E-state index is 11.4. The SMILES string of the molecule is CC(C)=CC(=O)NCC1(CC(=O)O)CCC1. The lowest BCUT2D eigenvalue weighted by molar-refractivity contribution is -0.141. The Hall–Kier alpha value is -1.32. The van der Waals surface area contributed by atoms with Gasteiger partial charge in [-0.15, -0.1) is 0 Å². The molecule has 0 spiro atoms. The fourth-order valence-corrected chi connectivity index (χ4v) is 2.00. The molecule has 1 aliphatic rings. The Balaban J connectivity index is 2.43. The van der Waals surface area contributed by atoms with E-state index < -0.39 is 5.97 Å². The summed E-state index contributed by atoms with van der Waals surface area (Å²) >= 11 is 0. The molecule has 1 fully saturated rings. The van der Waals surface area contributed by atoms with Gasteiger partial charge in [0, 0.05) is 12.6 Å². The van der Waals surface area contributed by atoms with Gasteiger partial charge in [0.25, 0.3) is 0 Å². The van der Waals surface area contributed by atoms with Crippen molar-refractivity contribution in [3.05, 3.63) is 11.6 Å². The molecule has 0 bridgehead atoms. The minimum absolute atomic E-state index is 0.128. The normalized spacial score (nSPS) is 17.1. The summed E-state index contributed by atoms with van der Waals surface area (Å²) in [5.41, 5.74) is 0.746. The molecule has 1 amide bonds. The van der Waals surface area contributed by atoms with Crippen LogP contribution >= 0.6 is 0 Å². The van der Waals surface area contributed by atoms with Crippen LogP contribution in [0.1, 0.15) is 39.5 Å². The molecule has 0 saturated heterocycles. The lowest BCUT2D eigenvalue weighted by Crippen LogP contribution is -2.43. The van der Waals surface area contributed by atoms with Gasteiger partial charge in [-0.3, -0.25) is 9.59 Å². The molecule has 4 heteroatoms. The predicted molar refractivity (Wildman–Crippen MR) is 61.0 cm³/mol. The summed E-state index contributed by atoms with van der Waals surface area (Å²) in [6.07, 6.45) is 4.55. The first kappa shape index (κ1) is 12.7. The second kappa shape index (κ2) is 5.14. The molecule has 0 heterocycles. The average molecular weight is 225 g/mol. The van der Waals surface area contributed by atoms with Crippen molar-refractivity contribution in [3.8, 4) is 0 Å². The van der Waals surface area contributed by atoms with Gasteiger partial charge in [-0.2, -0.15) is 0 Å². The number of hydrogen-bond donors (Lipinski definition) is 2. The smallest absolute Gasteiger partial charge is 0.303 e. The highest BCUT2D eigenvalue weighted by atomic mass is 16.4. The first-order valence-electron chi connectivity index (χ1n) is 5.58. The van der Waals surface area contributed by atoms with E-state index in [1.165, 1.54) is 6.08 Å². The van der Waals surface area contributed by atoms with E-state index in [2.05, 4.69) is 5.32 Å². The van der Waals surface area contributed by atoms with Crippen molar-refractivity contribution >= 4 is 11.9 Å². The number of aliphatic carboxylic acids is 1. The minimum atomic E-state index is -0.781. The minimum Gasteiger partial charge on any atom is -0.481 e. The third-order valence-corrected chi connectivity index (χ3v) is 3.00. The van der Waals surface area contributed by atoms with Crippen LogP contribution in [0.3, 0.4) is 0 Å². The van der Waals surface area contributed by atoms with Crippen LogP contribution in [-0.4, -0.2) is 23.5 Å². The lowest BCUT2D eigenvalue weighted by atomic mass is 9.66. The van der Waals surface area contributed by atoms with E-state index in [0.29, 0.717) is 6.54 Å². The summed E-state index contributed by atoms with van der Waals surface area (Å²) in [5, 5.41) is 11.6. The zero-order valence-corrected chi connectivity index (χ0v) is 9.88. The summed E-state index contributed by atoms with van der Waals surface area (Å²) in [6.45, 7) is 4.19. The summed E-state index contributed by atoms with van der Waals surface area (Å²) < 4.78 is 0. The number of carbonyl (C=O) groups is 2. The Kier molecular flexibility index (Phi) is 4.10. The van der Waals surface area contributed by atoms with Gasteiger partial charge in [0.2, 0.25) is 5.91 Å². The van der Waals surface area contributed by atoms with Gasteiger partial charge in [0.05, 0.1) is 6.42 Å². The first-order valence-corrected chi connectivity index (χ1v) is 5.58. The molecule has 0 aromatic heterocycles. The number of amides is 1. The van der Waals surface area contributed by atoms with Crippen molar-refractivity contribution in [1.82, 2.24) is 5.32 Å². The third kappa shape index (κ3) is 3.68. The van der Waals surface area contributed by atoms with Gasteiger partial charge < -0.3 is 10.4 Å². The third-order valence-electron chi connectivity index (χ3n) is 3.00. The van der Waals surface area contributed by atoms with Gasteiger partial charge in [-0.05, 0) is 32.1 Å². The molecule has 2 N–H and O–H groups in total. The molecule has 0 radical (unpaired) electrons. The number of rotatable bonds is 5. The van der Waals surface area contributed by atoms with Crippen molar-refractivity contribution in [2.75, 3.05) is 6.54 Å². The molecule has 90 valence electrons. The predicted octanol–water partition coefficient (Wildman–Crippen LogP) is 1.71. The highest BCUT2D eigenvalue weighted by Crippen LogP contribution is 2.43. The van der Waals surface area contributed by atoms with Crippen LogP contribution in [0.15, 0.2) is 11.6 Å². The fourth-order valence-electron chi connectivity index (χ4n) is 2.00. The lowest BCUT2D eigenvalue weighted by Gasteiger charge is -2.40. The van der Waals surface area contributed by atoms with E-state index in [1.54, 1.807) is 0 Å². The van der Waals surface area contributed by atoms with Crippen molar-refractivity contribution < 1.29 is 14.7 Å². The van der Waals surface area contributed by atoms with Gasteiger partial charge in [0.15, 0.2) is 0 Å². The largest absolute Gasteiger partial charge is 0.481 e. The van der Waals surface area contributed by atoms with Crippen LogP contribution in [0, 0.1) is 5.41 Å². The first-order chi connectivity index (χ1) is 7.43. The van der Waals surface area contributed by atoms with E-state index in [9.17, 15) is 9.59 Å². The molecule has 0 aromatic carbocycles. The summed E-state index contributed by atoms with van der Waals surface area (Å²) in [5.74, 6) is -0.909. The van der Waals surface area contributed by atoms with E-state index in [0.717, 1.165) is 24.8 Å². The van der Waals surface area contributed by atoms with Crippen LogP contribution in [0.5, 0.6) is 0 Å². The van der Waals surface area contributed by atoms with E-state index in [1.807, 2.05) is 13.8 Å². The number of hydrogen-bond acceptors (Lipinski definition) is 2.